The van der Waals surface area contributed by atoms with Gasteiger partial charge in [0.15, 0.2) is 0 Å². The van der Waals surface area contributed by atoms with E-state index < -0.39 is 6.61 Å². The highest BCUT2D eigenvalue weighted by atomic mass is 35.5. The maximum atomic E-state index is 12.0. The lowest BCUT2D eigenvalue weighted by molar-refractivity contribution is -0.128. The van der Waals surface area contributed by atoms with E-state index in [-0.39, 0.29) is 17.6 Å². The van der Waals surface area contributed by atoms with Crippen LogP contribution in [-0.4, -0.2) is 29.8 Å². The third kappa shape index (κ3) is 3.80. The van der Waals surface area contributed by atoms with Crippen molar-refractivity contribution in [3.63, 3.8) is 0 Å². The number of carbonyl (C=O) groups is 1. The molecule has 104 valence electrons. The van der Waals surface area contributed by atoms with Crippen LogP contribution in [0.1, 0.15) is 12.0 Å². The number of halogens is 3. The van der Waals surface area contributed by atoms with E-state index in [1.54, 1.807) is 17.0 Å². The molecule has 0 N–H and O–H groups in total. The van der Waals surface area contributed by atoms with Gasteiger partial charge in [0.05, 0.1) is 0 Å². The predicted octanol–water partition coefficient (Wildman–Crippen LogP) is 2.88. The van der Waals surface area contributed by atoms with Crippen LogP contribution in [0.15, 0.2) is 24.3 Å². The fourth-order valence-corrected chi connectivity index (χ4v) is 2.31. The van der Waals surface area contributed by atoms with Crippen molar-refractivity contribution in [2.24, 2.45) is 5.92 Å². The number of hydrogen-bond donors (Lipinski definition) is 0. The van der Waals surface area contributed by atoms with E-state index in [4.69, 9.17) is 11.6 Å². The third-order valence-corrected chi connectivity index (χ3v) is 3.47. The van der Waals surface area contributed by atoms with Crippen molar-refractivity contribution in [3.05, 3.63) is 29.8 Å². The molecule has 0 aliphatic carbocycles. The van der Waals surface area contributed by atoms with Crippen LogP contribution in [0.2, 0.25) is 0 Å². The van der Waals surface area contributed by atoms with Crippen LogP contribution < -0.4 is 4.74 Å². The molecule has 1 saturated heterocycles. The number of amides is 1. The zero-order valence-electron chi connectivity index (χ0n) is 10.2. The number of nitrogens with zero attached hydrogens (tertiary/aromatic N) is 1. The molecule has 0 spiro atoms. The van der Waals surface area contributed by atoms with Gasteiger partial charge in [-0.25, -0.2) is 0 Å². The topological polar surface area (TPSA) is 29.5 Å². The standard InChI is InChI=1S/C13H14ClF2NO2/c14-6-10-5-12(18)17(8-10)7-9-1-3-11(4-2-9)19-13(15)16/h1-4,10,13H,5-8H2. The molecule has 1 aromatic carbocycles. The molecule has 1 heterocycles. The Morgan fingerprint density at radius 1 is 1.37 bits per heavy atom. The van der Waals surface area contributed by atoms with E-state index >= 15 is 0 Å². The SMILES string of the molecule is O=C1CC(CCl)CN1Cc1ccc(OC(F)F)cc1. The van der Waals surface area contributed by atoms with E-state index in [9.17, 15) is 13.6 Å². The molecule has 6 heteroatoms. The maximum absolute atomic E-state index is 12.0. The van der Waals surface area contributed by atoms with Gasteiger partial charge in [-0.05, 0) is 23.6 Å². The summed E-state index contributed by atoms with van der Waals surface area (Å²) in [5.41, 5.74) is 0.880. The smallest absolute Gasteiger partial charge is 0.387 e. The lowest BCUT2D eigenvalue weighted by Gasteiger charge is -2.16. The number of hydrogen-bond acceptors (Lipinski definition) is 2. The largest absolute Gasteiger partial charge is 0.435 e. The summed E-state index contributed by atoms with van der Waals surface area (Å²) in [6.07, 6.45) is 0.482. The van der Waals surface area contributed by atoms with Crippen molar-refractivity contribution >= 4 is 17.5 Å². The van der Waals surface area contributed by atoms with Gasteiger partial charge in [-0.3, -0.25) is 4.79 Å². The summed E-state index contributed by atoms with van der Waals surface area (Å²) in [7, 11) is 0. The van der Waals surface area contributed by atoms with Crippen molar-refractivity contribution in [2.45, 2.75) is 19.6 Å². The van der Waals surface area contributed by atoms with Crippen LogP contribution in [0.3, 0.4) is 0 Å². The third-order valence-electron chi connectivity index (χ3n) is 3.03. The number of benzene rings is 1. The first-order chi connectivity index (χ1) is 9.08. The summed E-state index contributed by atoms with van der Waals surface area (Å²) in [6.45, 7) is -1.70. The highest BCUT2D eigenvalue weighted by Gasteiger charge is 2.28. The molecule has 1 unspecified atom stereocenters. The normalized spacial score (nSPS) is 19.3. The maximum Gasteiger partial charge on any atom is 0.387 e. The molecule has 1 amide bonds. The molecule has 0 bridgehead atoms. The Labute approximate surface area is 115 Å². The Bertz CT molecular complexity index is 439. The van der Waals surface area contributed by atoms with Gasteiger partial charge in [-0.2, -0.15) is 8.78 Å². The second-order valence-electron chi connectivity index (χ2n) is 4.52. The van der Waals surface area contributed by atoms with Gasteiger partial charge in [0.1, 0.15) is 5.75 Å². The number of alkyl halides is 3. The second kappa shape index (κ2) is 6.19. The van der Waals surface area contributed by atoms with Crippen LogP contribution >= 0.6 is 11.6 Å². The lowest BCUT2D eigenvalue weighted by Crippen LogP contribution is -2.24. The van der Waals surface area contributed by atoms with E-state index in [0.717, 1.165) is 5.56 Å². The molecule has 1 aliphatic heterocycles. The van der Waals surface area contributed by atoms with E-state index in [1.807, 2.05) is 0 Å². The number of likely N-dealkylation sites (tertiary alicyclic amines) is 1. The fourth-order valence-electron chi connectivity index (χ4n) is 2.11. The molecule has 1 aliphatic rings. The van der Waals surface area contributed by atoms with Gasteiger partial charge in [0, 0.05) is 25.4 Å². The first-order valence-corrected chi connectivity index (χ1v) is 6.49. The summed E-state index contributed by atoms with van der Waals surface area (Å²) in [5.74, 6) is 0.878. The summed E-state index contributed by atoms with van der Waals surface area (Å²) in [6, 6.07) is 6.31. The summed E-state index contributed by atoms with van der Waals surface area (Å²) >= 11 is 5.74. The van der Waals surface area contributed by atoms with Crippen molar-refractivity contribution in [1.82, 2.24) is 4.90 Å². The Morgan fingerprint density at radius 2 is 2.05 bits per heavy atom. The molecule has 19 heavy (non-hydrogen) atoms. The number of ether oxygens (including phenoxy) is 1. The molecule has 0 aromatic heterocycles. The highest BCUT2D eigenvalue weighted by Crippen LogP contribution is 2.22. The minimum absolute atomic E-state index is 0.0820. The Morgan fingerprint density at radius 3 is 2.58 bits per heavy atom. The number of rotatable bonds is 5. The average Bonchev–Trinajstić information content (AvgIpc) is 2.72. The van der Waals surface area contributed by atoms with Gasteiger partial charge in [-0.1, -0.05) is 12.1 Å². The minimum Gasteiger partial charge on any atom is -0.435 e. The van der Waals surface area contributed by atoms with Crippen LogP contribution in [0, 0.1) is 5.92 Å². The minimum atomic E-state index is -2.82. The molecule has 0 saturated carbocycles. The first-order valence-electron chi connectivity index (χ1n) is 5.96. The molecule has 1 atom stereocenters. The molecule has 0 radical (unpaired) electrons. The van der Waals surface area contributed by atoms with Crippen molar-refractivity contribution in [3.8, 4) is 5.75 Å². The van der Waals surface area contributed by atoms with Crippen molar-refractivity contribution in [2.75, 3.05) is 12.4 Å². The second-order valence-corrected chi connectivity index (χ2v) is 4.83. The van der Waals surface area contributed by atoms with Crippen LogP contribution in [0.25, 0.3) is 0 Å². The highest BCUT2D eigenvalue weighted by molar-refractivity contribution is 6.18. The Kier molecular flexibility index (Phi) is 4.58. The van der Waals surface area contributed by atoms with Crippen molar-refractivity contribution in [1.29, 1.82) is 0 Å². The zero-order valence-corrected chi connectivity index (χ0v) is 10.9. The molecular formula is C13H14ClF2NO2. The Balaban J connectivity index is 1.94. The van der Waals surface area contributed by atoms with E-state index in [0.29, 0.717) is 25.4 Å². The first kappa shape index (κ1) is 14.1. The predicted molar refractivity (Wildman–Crippen MR) is 67.3 cm³/mol. The zero-order chi connectivity index (χ0) is 13.8. The van der Waals surface area contributed by atoms with Crippen LogP contribution in [-0.2, 0) is 11.3 Å². The van der Waals surface area contributed by atoms with Gasteiger partial charge in [0.2, 0.25) is 5.91 Å². The van der Waals surface area contributed by atoms with E-state index in [2.05, 4.69) is 4.74 Å². The summed E-state index contributed by atoms with van der Waals surface area (Å²) in [5, 5.41) is 0. The molecule has 2 rings (SSSR count). The quantitative estimate of drug-likeness (QED) is 0.780. The summed E-state index contributed by atoms with van der Waals surface area (Å²) in [4.78, 5) is 13.4. The van der Waals surface area contributed by atoms with Gasteiger partial charge < -0.3 is 9.64 Å². The monoisotopic (exact) mass is 289 g/mol. The van der Waals surface area contributed by atoms with Crippen LogP contribution in [0.5, 0.6) is 5.75 Å². The molecular weight excluding hydrogens is 276 g/mol. The Hall–Kier alpha value is -1.36. The van der Waals surface area contributed by atoms with Gasteiger partial charge >= 0.3 is 6.61 Å². The molecule has 1 fully saturated rings. The summed E-state index contributed by atoms with van der Waals surface area (Å²) < 4.78 is 28.3. The van der Waals surface area contributed by atoms with Gasteiger partial charge in [-0.15, -0.1) is 11.6 Å². The molecule has 1 aromatic rings. The van der Waals surface area contributed by atoms with Crippen LogP contribution in [0.4, 0.5) is 8.78 Å². The number of carbonyl (C=O) groups excluding carboxylic acids is 1. The lowest BCUT2D eigenvalue weighted by atomic mass is 10.1. The fraction of sp³-hybridized carbons (Fsp3) is 0.462. The van der Waals surface area contributed by atoms with Crippen molar-refractivity contribution < 1.29 is 18.3 Å². The average molecular weight is 290 g/mol. The van der Waals surface area contributed by atoms with E-state index in [1.165, 1.54) is 12.1 Å². The molecule has 3 nitrogen and oxygen atoms in total. The van der Waals surface area contributed by atoms with Gasteiger partial charge in [0.25, 0.3) is 0 Å².